The van der Waals surface area contributed by atoms with Gasteiger partial charge in [-0.15, -0.1) is 0 Å². The van der Waals surface area contributed by atoms with Crippen LogP contribution in [0.3, 0.4) is 0 Å². The largest absolute Gasteiger partial charge is 0.328 e. The van der Waals surface area contributed by atoms with Crippen LogP contribution in [0.4, 0.5) is 0 Å². The average molecular weight is 159 g/mol. The van der Waals surface area contributed by atoms with Gasteiger partial charge in [-0.3, -0.25) is 5.84 Å². The monoisotopic (exact) mass is 159 g/mol. The summed E-state index contributed by atoms with van der Waals surface area (Å²) in [6.07, 6.45) is 1.08. The third kappa shape index (κ3) is 3.18. The molecule has 0 saturated heterocycles. The van der Waals surface area contributed by atoms with Crippen LogP contribution in [-0.2, 0) is 0 Å². The van der Waals surface area contributed by atoms with Gasteiger partial charge in [-0.2, -0.15) is 0 Å². The molecule has 3 nitrogen and oxygen atoms in total. The molecule has 0 rings (SSSR count). The van der Waals surface area contributed by atoms with Crippen LogP contribution in [0.2, 0.25) is 0 Å². The van der Waals surface area contributed by atoms with Gasteiger partial charge in [0, 0.05) is 19.1 Å². The van der Waals surface area contributed by atoms with Crippen molar-refractivity contribution in [2.75, 3.05) is 7.05 Å². The summed E-state index contributed by atoms with van der Waals surface area (Å²) >= 11 is 0. The summed E-state index contributed by atoms with van der Waals surface area (Å²) in [4.78, 5) is 0. The van der Waals surface area contributed by atoms with E-state index in [0.29, 0.717) is 12.0 Å². The molecule has 0 aliphatic carbocycles. The maximum absolute atomic E-state index is 5.80. The third-order valence-corrected chi connectivity index (χ3v) is 2.41. The predicted molar refractivity (Wildman–Crippen MR) is 48.8 cm³/mol. The standard InChI is InChI=1S/C8H21N3/c1-5-8(6(2)9)7(3)11(4)10/h6-8H,5,9-10H2,1-4H3/t6?,7?,8-/m1/s1. The molecule has 0 aromatic carbocycles. The molecule has 0 aromatic rings. The number of hydrogen-bond donors (Lipinski definition) is 2. The molecule has 2 unspecified atom stereocenters. The van der Waals surface area contributed by atoms with Crippen LogP contribution < -0.4 is 11.6 Å². The zero-order valence-corrected chi connectivity index (χ0v) is 8.04. The van der Waals surface area contributed by atoms with Gasteiger partial charge >= 0.3 is 0 Å². The molecule has 0 bridgehead atoms. The summed E-state index contributed by atoms with van der Waals surface area (Å²) in [6.45, 7) is 6.29. The second kappa shape index (κ2) is 4.70. The van der Waals surface area contributed by atoms with Crippen molar-refractivity contribution in [2.24, 2.45) is 17.5 Å². The summed E-state index contributed by atoms with van der Waals surface area (Å²) < 4.78 is 0. The second-order valence-corrected chi connectivity index (χ2v) is 3.34. The quantitative estimate of drug-likeness (QED) is 0.465. The summed E-state index contributed by atoms with van der Waals surface area (Å²) in [5, 5.41) is 1.73. The van der Waals surface area contributed by atoms with Crippen molar-refractivity contribution in [3.8, 4) is 0 Å². The van der Waals surface area contributed by atoms with E-state index in [4.69, 9.17) is 11.6 Å². The Bertz CT molecular complexity index is 102. The van der Waals surface area contributed by atoms with Gasteiger partial charge in [-0.05, 0) is 19.8 Å². The van der Waals surface area contributed by atoms with Crippen LogP contribution in [0.5, 0.6) is 0 Å². The third-order valence-electron chi connectivity index (χ3n) is 2.41. The Morgan fingerprint density at radius 2 is 1.82 bits per heavy atom. The molecule has 0 saturated carbocycles. The molecule has 0 fully saturated rings. The van der Waals surface area contributed by atoms with Crippen molar-refractivity contribution in [3.63, 3.8) is 0 Å². The Morgan fingerprint density at radius 3 is 1.91 bits per heavy atom. The minimum Gasteiger partial charge on any atom is -0.328 e. The highest BCUT2D eigenvalue weighted by atomic mass is 15.4. The van der Waals surface area contributed by atoms with Gasteiger partial charge in [0.25, 0.3) is 0 Å². The first-order valence-electron chi connectivity index (χ1n) is 4.23. The molecular formula is C8H21N3. The Labute approximate surface area is 69.7 Å². The van der Waals surface area contributed by atoms with Gasteiger partial charge in [0.15, 0.2) is 0 Å². The molecule has 0 aromatic heterocycles. The second-order valence-electron chi connectivity index (χ2n) is 3.34. The Balaban J connectivity index is 4.02. The lowest BCUT2D eigenvalue weighted by molar-refractivity contribution is 0.172. The van der Waals surface area contributed by atoms with Crippen molar-refractivity contribution in [1.29, 1.82) is 0 Å². The fourth-order valence-corrected chi connectivity index (χ4v) is 1.45. The highest BCUT2D eigenvalue weighted by molar-refractivity contribution is 4.76. The van der Waals surface area contributed by atoms with Gasteiger partial charge in [0.1, 0.15) is 0 Å². The van der Waals surface area contributed by atoms with Crippen LogP contribution in [-0.4, -0.2) is 24.1 Å². The molecule has 3 atom stereocenters. The van der Waals surface area contributed by atoms with E-state index >= 15 is 0 Å². The first-order valence-corrected chi connectivity index (χ1v) is 4.23. The Hall–Kier alpha value is -0.120. The summed E-state index contributed by atoms with van der Waals surface area (Å²) in [5.41, 5.74) is 5.80. The fourth-order valence-electron chi connectivity index (χ4n) is 1.45. The van der Waals surface area contributed by atoms with E-state index in [1.54, 1.807) is 5.01 Å². The smallest absolute Gasteiger partial charge is 0.0252 e. The molecule has 11 heavy (non-hydrogen) atoms. The van der Waals surface area contributed by atoms with Crippen molar-refractivity contribution in [1.82, 2.24) is 5.01 Å². The topological polar surface area (TPSA) is 55.3 Å². The van der Waals surface area contributed by atoms with E-state index in [-0.39, 0.29) is 6.04 Å². The van der Waals surface area contributed by atoms with E-state index in [2.05, 4.69) is 13.8 Å². The first-order chi connectivity index (χ1) is 5.00. The van der Waals surface area contributed by atoms with Crippen molar-refractivity contribution < 1.29 is 0 Å². The maximum Gasteiger partial charge on any atom is 0.0252 e. The van der Waals surface area contributed by atoms with Gasteiger partial charge < -0.3 is 5.73 Å². The molecule has 0 aliphatic heterocycles. The van der Waals surface area contributed by atoms with Crippen LogP contribution in [0.25, 0.3) is 0 Å². The van der Waals surface area contributed by atoms with E-state index in [0.717, 1.165) is 6.42 Å². The van der Waals surface area contributed by atoms with Crippen LogP contribution in [0.1, 0.15) is 27.2 Å². The number of nitrogens with two attached hydrogens (primary N) is 2. The predicted octanol–water partition coefficient (Wildman–Crippen LogP) is 0.554. The van der Waals surface area contributed by atoms with Crippen LogP contribution >= 0.6 is 0 Å². The number of hydrogen-bond acceptors (Lipinski definition) is 3. The minimum absolute atomic E-state index is 0.223. The van der Waals surface area contributed by atoms with E-state index < -0.39 is 0 Å². The lowest BCUT2D eigenvalue weighted by Gasteiger charge is -2.30. The molecule has 0 radical (unpaired) electrons. The normalized spacial score (nSPS) is 19.9. The molecule has 68 valence electrons. The van der Waals surface area contributed by atoms with Gasteiger partial charge in [0.05, 0.1) is 0 Å². The highest BCUT2D eigenvalue weighted by Crippen LogP contribution is 2.14. The minimum atomic E-state index is 0.223. The molecule has 4 N–H and O–H groups in total. The van der Waals surface area contributed by atoms with Gasteiger partial charge in [-0.25, -0.2) is 5.01 Å². The molecular weight excluding hydrogens is 138 g/mol. The number of rotatable bonds is 4. The first kappa shape index (κ1) is 10.9. The Morgan fingerprint density at radius 1 is 1.36 bits per heavy atom. The van der Waals surface area contributed by atoms with E-state index in [1.807, 2.05) is 14.0 Å². The lowest BCUT2D eigenvalue weighted by atomic mass is 9.91. The van der Waals surface area contributed by atoms with E-state index in [9.17, 15) is 0 Å². The molecule has 0 spiro atoms. The molecule has 0 amide bonds. The van der Waals surface area contributed by atoms with Gasteiger partial charge in [-0.1, -0.05) is 13.3 Å². The van der Waals surface area contributed by atoms with E-state index in [1.165, 1.54) is 0 Å². The molecule has 3 heteroatoms. The SMILES string of the molecule is CC[C@H](C(C)N)C(C)N(C)N. The average Bonchev–Trinajstić information content (AvgIpc) is 1.88. The molecule has 0 aliphatic rings. The summed E-state index contributed by atoms with van der Waals surface area (Å²) in [7, 11) is 1.88. The van der Waals surface area contributed by atoms with Crippen molar-refractivity contribution in [2.45, 2.75) is 39.3 Å². The van der Waals surface area contributed by atoms with Crippen molar-refractivity contribution >= 4 is 0 Å². The summed E-state index contributed by atoms with van der Waals surface area (Å²) in [5.74, 6) is 6.12. The number of hydrazine groups is 1. The Kier molecular flexibility index (Phi) is 4.65. The maximum atomic E-state index is 5.80. The lowest BCUT2D eigenvalue weighted by Crippen LogP contribution is -2.46. The zero-order chi connectivity index (χ0) is 9.02. The van der Waals surface area contributed by atoms with Gasteiger partial charge in [0.2, 0.25) is 0 Å². The highest BCUT2D eigenvalue weighted by Gasteiger charge is 2.20. The van der Waals surface area contributed by atoms with Crippen LogP contribution in [0.15, 0.2) is 0 Å². The number of nitrogens with zero attached hydrogens (tertiary/aromatic N) is 1. The fraction of sp³-hybridized carbons (Fsp3) is 1.00. The molecule has 0 heterocycles. The van der Waals surface area contributed by atoms with Crippen LogP contribution in [0, 0.1) is 5.92 Å². The summed E-state index contributed by atoms with van der Waals surface area (Å²) in [6, 6.07) is 0.584. The zero-order valence-electron chi connectivity index (χ0n) is 8.04. The van der Waals surface area contributed by atoms with Crippen molar-refractivity contribution in [3.05, 3.63) is 0 Å².